The second kappa shape index (κ2) is 6.93. The van der Waals surface area contributed by atoms with E-state index in [9.17, 15) is 0 Å². The van der Waals surface area contributed by atoms with E-state index in [2.05, 4.69) is 38.7 Å². The fourth-order valence-corrected chi connectivity index (χ4v) is 4.13. The van der Waals surface area contributed by atoms with Crippen LogP contribution in [0.2, 0.25) is 0 Å². The van der Waals surface area contributed by atoms with E-state index in [1.807, 2.05) is 12.1 Å². The number of fused-ring (bicyclic) bond motifs is 2. The zero-order valence-corrected chi connectivity index (χ0v) is 14.4. The molecule has 2 aromatic rings. The van der Waals surface area contributed by atoms with Crippen molar-refractivity contribution >= 4 is 34.2 Å². The van der Waals surface area contributed by atoms with Crippen LogP contribution in [0.15, 0.2) is 40.7 Å². The highest BCUT2D eigenvalue weighted by Gasteiger charge is 2.25. The van der Waals surface area contributed by atoms with Crippen LogP contribution in [0.5, 0.6) is 0 Å². The molecule has 5 nitrogen and oxygen atoms in total. The van der Waals surface area contributed by atoms with E-state index < -0.39 is 0 Å². The smallest absolute Gasteiger partial charge is 0.148 e. The summed E-state index contributed by atoms with van der Waals surface area (Å²) in [5, 5.41) is 14.6. The normalized spacial score (nSPS) is 17.5. The topological polar surface area (TPSA) is 51.1 Å². The van der Waals surface area contributed by atoms with Crippen LogP contribution in [0.25, 0.3) is 0 Å². The van der Waals surface area contributed by atoms with Gasteiger partial charge in [0.1, 0.15) is 5.84 Å². The van der Waals surface area contributed by atoms with Gasteiger partial charge in [-0.2, -0.15) is 0 Å². The van der Waals surface area contributed by atoms with E-state index in [0.29, 0.717) is 0 Å². The van der Waals surface area contributed by atoms with Crippen molar-refractivity contribution in [2.75, 3.05) is 44.6 Å². The minimum Gasteiger partial charge on any atom is -0.396 e. The van der Waals surface area contributed by atoms with Crippen LogP contribution in [0, 0.1) is 0 Å². The van der Waals surface area contributed by atoms with E-state index >= 15 is 0 Å². The standard InChI is InChI=1S/C18H22N4OS/c23-12-3-7-21-8-10-22(11-9-21)18-17-16(6-13-24-17)19-14-4-1-2-5-15(14)20-18/h1-2,4-6,13,19,23H,3,7-12H2. The highest BCUT2D eigenvalue weighted by molar-refractivity contribution is 7.12. The van der Waals surface area contributed by atoms with Gasteiger partial charge in [-0.25, -0.2) is 4.99 Å². The molecule has 3 heterocycles. The van der Waals surface area contributed by atoms with Gasteiger partial charge in [-0.1, -0.05) is 12.1 Å². The van der Waals surface area contributed by atoms with Crippen molar-refractivity contribution in [3.8, 4) is 0 Å². The number of aliphatic imine (C=N–C) groups is 1. The molecule has 0 aliphatic carbocycles. The van der Waals surface area contributed by atoms with Gasteiger partial charge in [0, 0.05) is 39.3 Å². The Morgan fingerprint density at radius 1 is 1.08 bits per heavy atom. The van der Waals surface area contributed by atoms with Gasteiger partial charge in [0.2, 0.25) is 0 Å². The minimum atomic E-state index is 0.272. The summed E-state index contributed by atoms with van der Waals surface area (Å²) in [5.74, 6) is 1.08. The van der Waals surface area contributed by atoms with Gasteiger partial charge in [-0.05, 0) is 30.0 Å². The maximum Gasteiger partial charge on any atom is 0.148 e. The third-order valence-electron chi connectivity index (χ3n) is 4.57. The molecule has 2 aliphatic rings. The summed E-state index contributed by atoms with van der Waals surface area (Å²) in [6, 6.07) is 10.4. The molecule has 1 aromatic carbocycles. The summed E-state index contributed by atoms with van der Waals surface area (Å²) >= 11 is 1.74. The molecule has 0 spiro atoms. The van der Waals surface area contributed by atoms with Crippen LogP contribution in [-0.4, -0.2) is 60.1 Å². The Balaban J connectivity index is 1.59. The molecular formula is C18H22N4OS. The number of nitrogens with zero attached hydrogens (tertiary/aromatic N) is 3. The average molecular weight is 342 g/mol. The van der Waals surface area contributed by atoms with E-state index in [-0.39, 0.29) is 6.61 Å². The molecule has 1 aromatic heterocycles. The molecular weight excluding hydrogens is 320 g/mol. The van der Waals surface area contributed by atoms with Crippen LogP contribution in [0.1, 0.15) is 11.3 Å². The molecule has 0 saturated carbocycles. The number of benzene rings is 1. The number of nitrogens with one attached hydrogen (secondary N) is 1. The van der Waals surface area contributed by atoms with Crippen LogP contribution in [-0.2, 0) is 0 Å². The monoisotopic (exact) mass is 342 g/mol. The predicted molar refractivity (Wildman–Crippen MR) is 100.0 cm³/mol. The van der Waals surface area contributed by atoms with Gasteiger partial charge in [0.05, 0.1) is 21.9 Å². The third kappa shape index (κ3) is 3.05. The first-order valence-electron chi connectivity index (χ1n) is 8.46. The van der Waals surface area contributed by atoms with Gasteiger partial charge in [0.15, 0.2) is 0 Å². The molecule has 24 heavy (non-hydrogen) atoms. The quantitative estimate of drug-likeness (QED) is 0.901. The molecule has 0 atom stereocenters. The Hall–Kier alpha value is -1.89. The number of hydrogen-bond acceptors (Lipinski definition) is 6. The Kier molecular flexibility index (Phi) is 4.51. The molecule has 126 valence electrons. The predicted octanol–water partition coefficient (Wildman–Crippen LogP) is 2.88. The van der Waals surface area contributed by atoms with E-state index in [4.69, 9.17) is 10.1 Å². The molecule has 1 fully saturated rings. The van der Waals surface area contributed by atoms with Crippen LogP contribution in [0.4, 0.5) is 17.1 Å². The molecule has 0 radical (unpaired) electrons. The number of rotatable bonds is 3. The summed E-state index contributed by atoms with van der Waals surface area (Å²) in [7, 11) is 0. The minimum absolute atomic E-state index is 0.272. The van der Waals surface area contributed by atoms with Gasteiger partial charge in [0.25, 0.3) is 0 Å². The summed E-state index contributed by atoms with van der Waals surface area (Å²) in [4.78, 5) is 11.0. The number of aliphatic hydroxyl groups is 1. The van der Waals surface area contributed by atoms with Crippen molar-refractivity contribution in [3.63, 3.8) is 0 Å². The largest absolute Gasteiger partial charge is 0.396 e. The number of anilines is 2. The average Bonchev–Trinajstić information content (AvgIpc) is 3.01. The Labute approximate surface area is 146 Å². The van der Waals surface area contributed by atoms with Crippen LogP contribution in [0.3, 0.4) is 0 Å². The molecule has 4 rings (SSSR count). The molecule has 2 N–H and O–H groups in total. The zero-order chi connectivity index (χ0) is 16.4. The Bertz CT molecular complexity index is 734. The maximum atomic E-state index is 9.00. The summed E-state index contributed by atoms with van der Waals surface area (Å²) in [5.41, 5.74) is 3.21. The van der Waals surface area contributed by atoms with Crippen molar-refractivity contribution < 1.29 is 5.11 Å². The second-order valence-corrected chi connectivity index (χ2v) is 7.06. The summed E-state index contributed by atoms with van der Waals surface area (Å²) < 4.78 is 0. The number of para-hydroxylation sites is 2. The maximum absolute atomic E-state index is 9.00. The lowest BCUT2D eigenvalue weighted by Gasteiger charge is -2.36. The fourth-order valence-electron chi connectivity index (χ4n) is 3.26. The SMILES string of the molecule is OCCCN1CCN(C2=Nc3ccccc3Nc3ccsc32)CC1. The molecule has 0 bridgehead atoms. The summed E-state index contributed by atoms with van der Waals surface area (Å²) in [6.07, 6.45) is 0.854. The summed E-state index contributed by atoms with van der Waals surface area (Å²) in [6.45, 7) is 5.25. The number of aliphatic hydroxyl groups excluding tert-OH is 1. The van der Waals surface area contributed by atoms with Gasteiger partial charge >= 0.3 is 0 Å². The van der Waals surface area contributed by atoms with Crippen LogP contribution < -0.4 is 5.32 Å². The number of hydrogen-bond donors (Lipinski definition) is 2. The third-order valence-corrected chi connectivity index (χ3v) is 5.48. The zero-order valence-electron chi connectivity index (χ0n) is 13.6. The van der Waals surface area contributed by atoms with Crippen molar-refractivity contribution in [1.82, 2.24) is 9.80 Å². The Morgan fingerprint density at radius 2 is 1.92 bits per heavy atom. The molecule has 2 aliphatic heterocycles. The van der Waals surface area contributed by atoms with Crippen molar-refractivity contribution in [3.05, 3.63) is 40.6 Å². The second-order valence-electron chi connectivity index (χ2n) is 6.15. The first-order valence-corrected chi connectivity index (χ1v) is 9.34. The van der Waals surface area contributed by atoms with E-state index in [0.717, 1.165) is 62.0 Å². The highest BCUT2D eigenvalue weighted by atomic mass is 32.1. The Morgan fingerprint density at radius 3 is 2.75 bits per heavy atom. The molecule has 0 amide bonds. The molecule has 0 unspecified atom stereocenters. The van der Waals surface area contributed by atoms with Gasteiger partial charge in [-0.3, -0.25) is 4.90 Å². The van der Waals surface area contributed by atoms with Crippen molar-refractivity contribution in [2.24, 2.45) is 4.99 Å². The highest BCUT2D eigenvalue weighted by Crippen LogP contribution is 2.37. The molecule has 1 saturated heterocycles. The van der Waals surface area contributed by atoms with Crippen LogP contribution >= 0.6 is 11.3 Å². The van der Waals surface area contributed by atoms with E-state index in [1.165, 1.54) is 4.88 Å². The first kappa shape index (κ1) is 15.6. The number of amidine groups is 1. The van der Waals surface area contributed by atoms with Crippen molar-refractivity contribution in [1.29, 1.82) is 0 Å². The van der Waals surface area contributed by atoms with E-state index in [1.54, 1.807) is 11.3 Å². The fraction of sp³-hybridized carbons (Fsp3) is 0.389. The number of thiophene rings is 1. The molecule has 6 heteroatoms. The first-order chi connectivity index (χ1) is 11.8. The van der Waals surface area contributed by atoms with Gasteiger partial charge < -0.3 is 15.3 Å². The lowest BCUT2D eigenvalue weighted by molar-refractivity contribution is 0.166. The lowest BCUT2D eigenvalue weighted by atomic mass is 10.2. The lowest BCUT2D eigenvalue weighted by Crippen LogP contribution is -2.49. The number of piperazine rings is 1. The van der Waals surface area contributed by atoms with Crippen molar-refractivity contribution in [2.45, 2.75) is 6.42 Å². The van der Waals surface area contributed by atoms with Gasteiger partial charge in [-0.15, -0.1) is 11.3 Å².